The van der Waals surface area contributed by atoms with Gasteiger partial charge in [-0.15, -0.1) is 0 Å². The minimum Gasteiger partial charge on any atom is -0.454 e. The number of aryl methyl sites for hydroxylation is 1. The maximum Gasteiger partial charge on any atom is 0.244 e. The highest BCUT2D eigenvalue weighted by Crippen LogP contribution is 2.37. The van der Waals surface area contributed by atoms with E-state index in [-0.39, 0.29) is 18.2 Å². The first-order valence-corrected chi connectivity index (χ1v) is 9.04. The highest BCUT2D eigenvalue weighted by Gasteiger charge is 2.30. The summed E-state index contributed by atoms with van der Waals surface area (Å²) in [4.78, 5) is 11.5. The van der Waals surface area contributed by atoms with E-state index in [1.807, 2.05) is 6.07 Å². The summed E-state index contributed by atoms with van der Waals surface area (Å²) < 4.78 is 37.8. The summed E-state index contributed by atoms with van der Waals surface area (Å²) in [6.45, 7) is 1.35. The number of sulfonamides is 1. The summed E-state index contributed by atoms with van der Waals surface area (Å²) in [5.74, 6) is 0.141. The molecule has 3 rings (SSSR count). The highest BCUT2D eigenvalue weighted by molar-refractivity contribution is 7.89. The van der Waals surface area contributed by atoms with E-state index in [0.29, 0.717) is 17.1 Å². The van der Waals surface area contributed by atoms with Crippen molar-refractivity contribution >= 4 is 15.9 Å². The van der Waals surface area contributed by atoms with Crippen molar-refractivity contribution in [3.8, 4) is 11.5 Å². The Morgan fingerprint density at radius 3 is 2.44 bits per heavy atom. The molecule has 0 fully saturated rings. The predicted molar refractivity (Wildman–Crippen MR) is 90.5 cm³/mol. The van der Waals surface area contributed by atoms with Crippen molar-refractivity contribution in [2.45, 2.75) is 18.4 Å². The Kier molecular flexibility index (Phi) is 4.65. The average Bonchev–Trinajstić information content (AvgIpc) is 3.01. The van der Waals surface area contributed by atoms with Crippen molar-refractivity contribution in [1.29, 1.82) is 0 Å². The van der Waals surface area contributed by atoms with E-state index in [9.17, 15) is 13.2 Å². The molecule has 0 unspecified atom stereocenters. The lowest BCUT2D eigenvalue weighted by atomic mass is 10.2. The van der Waals surface area contributed by atoms with Crippen LogP contribution in [0.5, 0.6) is 11.5 Å². The second-order valence-corrected chi connectivity index (χ2v) is 7.60. The maximum atomic E-state index is 13.1. The number of hydrogen-bond donors (Lipinski definition) is 1. The van der Waals surface area contributed by atoms with Gasteiger partial charge in [-0.25, -0.2) is 8.42 Å². The van der Waals surface area contributed by atoms with Crippen LogP contribution in [0.15, 0.2) is 47.4 Å². The number of nitrogens with two attached hydrogens (primary N) is 1. The number of fused-ring (bicyclic) bond motifs is 1. The highest BCUT2D eigenvalue weighted by atomic mass is 32.2. The molecule has 2 aromatic carbocycles. The van der Waals surface area contributed by atoms with E-state index >= 15 is 0 Å². The summed E-state index contributed by atoms with van der Waals surface area (Å²) in [6, 6.07) is 12.0. The monoisotopic (exact) mass is 362 g/mol. The number of nitrogens with zero attached hydrogens (tertiary/aromatic N) is 1. The topological polar surface area (TPSA) is 98.9 Å². The Morgan fingerprint density at radius 1 is 1.16 bits per heavy atom. The quantitative estimate of drug-likeness (QED) is 0.837. The van der Waals surface area contributed by atoms with E-state index in [1.165, 1.54) is 6.07 Å². The van der Waals surface area contributed by atoms with Crippen LogP contribution in [-0.2, 0) is 21.4 Å². The standard InChI is InChI=1S/C17H18N2O5S/c1-12-7-14-15(24-11-23-14)8-16(12)25(21,22)19(10-17(18)20)9-13-5-3-2-4-6-13/h2-8H,9-11H2,1H3,(H2,18,20). The van der Waals surface area contributed by atoms with E-state index in [1.54, 1.807) is 37.3 Å². The molecule has 0 aromatic heterocycles. The van der Waals surface area contributed by atoms with Crippen LogP contribution in [-0.4, -0.2) is 32.0 Å². The molecule has 1 amide bonds. The Labute approximate surface area is 146 Å². The minimum absolute atomic E-state index is 0.0417. The van der Waals surface area contributed by atoms with Gasteiger partial charge in [0.05, 0.1) is 11.4 Å². The van der Waals surface area contributed by atoms with Crippen molar-refractivity contribution in [3.63, 3.8) is 0 Å². The molecule has 0 radical (unpaired) electrons. The van der Waals surface area contributed by atoms with Crippen LogP contribution in [0.3, 0.4) is 0 Å². The van der Waals surface area contributed by atoms with Gasteiger partial charge >= 0.3 is 0 Å². The molecule has 25 heavy (non-hydrogen) atoms. The number of amides is 1. The van der Waals surface area contributed by atoms with Gasteiger partial charge in [0, 0.05) is 12.6 Å². The van der Waals surface area contributed by atoms with Gasteiger partial charge in [-0.3, -0.25) is 4.79 Å². The molecule has 0 saturated heterocycles. The van der Waals surface area contributed by atoms with E-state index in [0.717, 1.165) is 9.87 Å². The molecule has 2 aromatic rings. The van der Waals surface area contributed by atoms with Gasteiger partial charge in [-0.05, 0) is 24.1 Å². The van der Waals surface area contributed by atoms with Gasteiger partial charge in [0.1, 0.15) is 0 Å². The summed E-state index contributed by atoms with van der Waals surface area (Å²) in [7, 11) is -3.95. The van der Waals surface area contributed by atoms with Crippen LogP contribution < -0.4 is 15.2 Å². The third-order valence-corrected chi connectivity index (χ3v) is 5.76. The fourth-order valence-electron chi connectivity index (χ4n) is 2.63. The van der Waals surface area contributed by atoms with Gasteiger partial charge in [0.15, 0.2) is 11.5 Å². The number of hydrogen-bond acceptors (Lipinski definition) is 5. The molecule has 2 N–H and O–H groups in total. The second-order valence-electron chi connectivity index (χ2n) is 5.70. The molecule has 0 atom stereocenters. The van der Waals surface area contributed by atoms with Crippen molar-refractivity contribution in [1.82, 2.24) is 4.31 Å². The largest absolute Gasteiger partial charge is 0.454 e. The zero-order valence-corrected chi connectivity index (χ0v) is 14.5. The average molecular weight is 362 g/mol. The lowest BCUT2D eigenvalue weighted by Gasteiger charge is -2.22. The smallest absolute Gasteiger partial charge is 0.244 e. The van der Waals surface area contributed by atoms with E-state index < -0.39 is 22.5 Å². The number of rotatable bonds is 6. The molecule has 0 aliphatic carbocycles. The van der Waals surface area contributed by atoms with Crippen LogP contribution in [0, 0.1) is 6.92 Å². The Bertz CT molecular complexity index is 897. The predicted octanol–water partition coefficient (Wildman–Crippen LogP) is 1.40. The minimum atomic E-state index is -3.95. The summed E-state index contributed by atoms with van der Waals surface area (Å²) in [6.07, 6.45) is 0. The molecule has 0 bridgehead atoms. The number of primary amides is 1. The fourth-order valence-corrected chi connectivity index (χ4v) is 4.24. The number of carbonyl (C=O) groups excluding carboxylic acids is 1. The van der Waals surface area contributed by atoms with Crippen LogP contribution in [0.2, 0.25) is 0 Å². The molecule has 8 heteroatoms. The molecule has 132 valence electrons. The van der Waals surface area contributed by atoms with Gasteiger partial charge in [-0.1, -0.05) is 30.3 Å². The molecule has 0 saturated carbocycles. The fraction of sp³-hybridized carbons (Fsp3) is 0.235. The molecular formula is C17H18N2O5S. The van der Waals surface area contributed by atoms with Crippen LogP contribution >= 0.6 is 0 Å². The summed E-state index contributed by atoms with van der Waals surface area (Å²) >= 11 is 0. The van der Waals surface area contributed by atoms with Gasteiger partial charge in [-0.2, -0.15) is 4.31 Å². The first-order chi connectivity index (χ1) is 11.9. The molecule has 1 aliphatic rings. The van der Waals surface area contributed by atoms with E-state index in [4.69, 9.17) is 15.2 Å². The molecule has 1 heterocycles. The third kappa shape index (κ3) is 3.59. The molecule has 7 nitrogen and oxygen atoms in total. The Balaban J connectivity index is 2.00. The molecule has 1 aliphatic heterocycles. The molecule has 0 spiro atoms. The Morgan fingerprint density at radius 2 is 1.80 bits per heavy atom. The van der Waals surface area contributed by atoms with Crippen LogP contribution in [0.25, 0.3) is 0 Å². The van der Waals surface area contributed by atoms with Gasteiger partial charge in [0.2, 0.25) is 22.7 Å². The van der Waals surface area contributed by atoms with Gasteiger partial charge < -0.3 is 15.2 Å². The summed E-state index contributed by atoms with van der Waals surface area (Å²) in [5.41, 5.74) is 6.52. The number of carbonyl (C=O) groups is 1. The third-order valence-electron chi connectivity index (χ3n) is 3.82. The first-order valence-electron chi connectivity index (χ1n) is 7.60. The Hall–Kier alpha value is -2.58. The summed E-state index contributed by atoms with van der Waals surface area (Å²) in [5, 5.41) is 0. The SMILES string of the molecule is Cc1cc2c(cc1S(=O)(=O)N(CC(N)=O)Cc1ccccc1)OCO2. The second kappa shape index (κ2) is 6.73. The maximum absolute atomic E-state index is 13.1. The zero-order chi connectivity index (χ0) is 18.0. The van der Waals surface area contributed by atoms with E-state index in [2.05, 4.69) is 0 Å². The number of ether oxygens (including phenoxy) is 2. The number of benzene rings is 2. The normalized spacial score (nSPS) is 13.2. The van der Waals surface area contributed by atoms with Crippen molar-refractivity contribution in [2.75, 3.05) is 13.3 Å². The lowest BCUT2D eigenvalue weighted by molar-refractivity contribution is -0.118. The lowest BCUT2D eigenvalue weighted by Crippen LogP contribution is -2.38. The first kappa shape index (κ1) is 17.2. The van der Waals surface area contributed by atoms with Crippen molar-refractivity contribution < 1.29 is 22.7 Å². The van der Waals surface area contributed by atoms with Crippen LogP contribution in [0.4, 0.5) is 0 Å². The van der Waals surface area contributed by atoms with Crippen LogP contribution in [0.1, 0.15) is 11.1 Å². The zero-order valence-electron chi connectivity index (χ0n) is 13.6. The van der Waals surface area contributed by atoms with Gasteiger partial charge in [0.25, 0.3) is 0 Å². The van der Waals surface area contributed by atoms with Crippen molar-refractivity contribution in [2.24, 2.45) is 5.73 Å². The molecular weight excluding hydrogens is 344 g/mol. The van der Waals surface area contributed by atoms with Crippen molar-refractivity contribution in [3.05, 3.63) is 53.6 Å².